The summed E-state index contributed by atoms with van der Waals surface area (Å²) in [5, 5.41) is 5.78. The summed E-state index contributed by atoms with van der Waals surface area (Å²) < 4.78 is 0. The summed E-state index contributed by atoms with van der Waals surface area (Å²) in [6.45, 7) is 0.703. The van der Waals surface area contributed by atoms with Crippen LogP contribution in [-0.2, 0) is 4.79 Å². The SMILES string of the molecule is CNCCC(=O)Nc1ccc(SC)cc1. The highest BCUT2D eigenvalue weighted by atomic mass is 32.2. The lowest BCUT2D eigenvalue weighted by Gasteiger charge is -2.05. The molecule has 0 atom stereocenters. The third-order valence-electron chi connectivity index (χ3n) is 1.98. The molecule has 0 aromatic heterocycles. The second-order valence-corrected chi connectivity index (χ2v) is 4.01. The number of hydrogen-bond acceptors (Lipinski definition) is 3. The van der Waals surface area contributed by atoms with Crippen LogP contribution in [0.25, 0.3) is 0 Å². The number of rotatable bonds is 5. The Morgan fingerprint density at radius 1 is 1.33 bits per heavy atom. The van der Waals surface area contributed by atoms with E-state index < -0.39 is 0 Å². The van der Waals surface area contributed by atoms with Crippen LogP contribution in [-0.4, -0.2) is 25.8 Å². The maximum absolute atomic E-state index is 11.4. The number of carbonyl (C=O) groups excluding carboxylic acids is 1. The van der Waals surface area contributed by atoms with Gasteiger partial charge in [-0.3, -0.25) is 4.79 Å². The number of carbonyl (C=O) groups is 1. The third kappa shape index (κ3) is 4.36. The molecule has 0 bridgehead atoms. The number of hydrogen-bond donors (Lipinski definition) is 2. The molecule has 0 radical (unpaired) electrons. The summed E-state index contributed by atoms with van der Waals surface area (Å²) in [7, 11) is 1.83. The highest BCUT2D eigenvalue weighted by molar-refractivity contribution is 7.98. The first-order valence-corrected chi connectivity index (χ1v) is 6.07. The molecule has 0 aliphatic carbocycles. The zero-order chi connectivity index (χ0) is 11.1. The van der Waals surface area contributed by atoms with Gasteiger partial charge in [-0.05, 0) is 37.6 Å². The third-order valence-corrected chi connectivity index (χ3v) is 2.72. The Morgan fingerprint density at radius 2 is 2.00 bits per heavy atom. The molecule has 1 aromatic carbocycles. The highest BCUT2D eigenvalue weighted by Crippen LogP contribution is 2.17. The Balaban J connectivity index is 2.46. The summed E-state index contributed by atoms with van der Waals surface area (Å²) in [4.78, 5) is 12.6. The van der Waals surface area contributed by atoms with Crippen molar-refractivity contribution in [2.75, 3.05) is 25.2 Å². The molecule has 82 valence electrons. The van der Waals surface area contributed by atoms with Gasteiger partial charge in [0.1, 0.15) is 0 Å². The Morgan fingerprint density at radius 3 is 2.53 bits per heavy atom. The average Bonchev–Trinajstić information content (AvgIpc) is 2.27. The Kier molecular flexibility index (Phi) is 5.21. The maximum atomic E-state index is 11.4. The molecule has 0 fully saturated rings. The lowest BCUT2D eigenvalue weighted by atomic mass is 10.3. The molecule has 0 saturated carbocycles. The van der Waals surface area contributed by atoms with Gasteiger partial charge in [-0.1, -0.05) is 0 Å². The van der Waals surface area contributed by atoms with E-state index in [0.29, 0.717) is 13.0 Å². The molecule has 0 heterocycles. The van der Waals surface area contributed by atoms with Crippen LogP contribution >= 0.6 is 11.8 Å². The van der Waals surface area contributed by atoms with Gasteiger partial charge in [0.2, 0.25) is 5.91 Å². The highest BCUT2D eigenvalue weighted by Gasteiger charge is 2.00. The zero-order valence-corrected chi connectivity index (χ0v) is 9.86. The second kappa shape index (κ2) is 6.48. The first kappa shape index (κ1) is 12.1. The summed E-state index contributed by atoms with van der Waals surface area (Å²) in [5.74, 6) is 0.0428. The van der Waals surface area contributed by atoms with Crippen molar-refractivity contribution in [3.05, 3.63) is 24.3 Å². The van der Waals surface area contributed by atoms with Crippen LogP contribution in [0.5, 0.6) is 0 Å². The van der Waals surface area contributed by atoms with Crippen molar-refractivity contribution in [2.45, 2.75) is 11.3 Å². The van der Waals surface area contributed by atoms with Gasteiger partial charge < -0.3 is 10.6 Å². The van der Waals surface area contributed by atoms with Crippen LogP contribution in [0, 0.1) is 0 Å². The zero-order valence-electron chi connectivity index (χ0n) is 9.04. The fourth-order valence-electron chi connectivity index (χ4n) is 1.14. The minimum Gasteiger partial charge on any atom is -0.326 e. The molecule has 1 aromatic rings. The summed E-state index contributed by atoms with van der Waals surface area (Å²) in [5.41, 5.74) is 0.855. The monoisotopic (exact) mass is 224 g/mol. The van der Waals surface area contributed by atoms with Crippen molar-refractivity contribution >= 4 is 23.4 Å². The Labute approximate surface area is 94.6 Å². The largest absolute Gasteiger partial charge is 0.326 e. The van der Waals surface area contributed by atoms with Gasteiger partial charge in [-0.25, -0.2) is 0 Å². The topological polar surface area (TPSA) is 41.1 Å². The summed E-state index contributed by atoms with van der Waals surface area (Å²) in [6.07, 6.45) is 2.53. The van der Waals surface area contributed by atoms with E-state index in [9.17, 15) is 4.79 Å². The summed E-state index contributed by atoms with van der Waals surface area (Å²) >= 11 is 1.69. The quantitative estimate of drug-likeness (QED) is 0.751. The van der Waals surface area contributed by atoms with Crippen molar-refractivity contribution in [2.24, 2.45) is 0 Å². The minimum atomic E-state index is 0.0428. The van der Waals surface area contributed by atoms with Gasteiger partial charge in [-0.2, -0.15) is 0 Å². The van der Waals surface area contributed by atoms with E-state index in [4.69, 9.17) is 0 Å². The first-order valence-electron chi connectivity index (χ1n) is 4.84. The van der Waals surface area contributed by atoms with E-state index in [1.54, 1.807) is 11.8 Å². The second-order valence-electron chi connectivity index (χ2n) is 3.13. The number of nitrogens with one attached hydrogen (secondary N) is 2. The van der Waals surface area contributed by atoms with Crippen molar-refractivity contribution in [1.82, 2.24) is 5.32 Å². The molecule has 0 unspecified atom stereocenters. The van der Waals surface area contributed by atoms with Gasteiger partial charge >= 0.3 is 0 Å². The smallest absolute Gasteiger partial charge is 0.225 e. The van der Waals surface area contributed by atoms with Gasteiger partial charge in [0.25, 0.3) is 0 Å². The van der Waals surface area contributed by atoms with E-state index in [1.165, 1.54) is 4.90 Å². The molecule has 0 aliphatic rings. The number of amides is 1. The standard InChI is InChI=1S/C11H16N2OS/c1-12-8-7-11(14)13-9-3-5-10(15-2)6-4-9/h3-6,12H,7-8H2,1-2H3,(H,13,14). The molecule has 1 rings (SSSR count). The molecule has 1 amide bonds. The van der Waals surface area contributed by atoms with Crippen molar-refractivity contribution in [1.29, 1.82) is 0 Å². The van der Waals surface area contributed by atoms with E-state index >= 15 is 0 Å². The minimum absolute atomic E-state index is 0.0428. The average molecular weight is 224 g/mol. The normalized spacial score (nSPS) is 10.0. The molecule has 0 saturated heterocycles. The molecule has 15 heavy (non-hydrogen) atoms. The maximum Gasteiger partial charge on any atom is 0.225 e. The van der Waals surface area contributed by atoms with Crippen LogP contribution in [0.2, 0.25) is 0 Å². The van der Waals surface area contributed by atoms with Crippen LogP contribution in [0.4, 0.5) is 5.69 Å². The number of thioether (sulfide) groups is 1. The molecule has 4 heteroatoms. The predicted octanol–water partition coefficient (Wildman–Crippen LogP) is 1.96. The lowest BCUT2D eigenvalue weighted by Crippen LogP contribution is -2.18. The van der Waals surface area contributed by atoms with Gasteiger partial charge in [-0.15, -0.1) is 11.8 Å². The van der Waals surface area contributed by atoms with Crippen LogP contribution in [0.15, 0.2) is 29.2 Å². The molecular weight excluding hydrogens is 208 g/mol. The van der Waals surface area contributed by atoms with Gasteiger partial charge in [0, 0.05) is 23.5 Å². The van der Waals surface area contributed by atoms with E-state index in [-0.39, 0.29) is 5.91 Å². The predicted molar refractivity (Wildman–Crippen MR) is 65.4 cm³/mol. The van der Waals surface area contributed by atoms with Crippen molar-refractivity contribution < 1.29 is 4.79 Å². The molecule has 0 spiro atoms. The van der Waals surface area contributed by atoms with Crippen LogP contribution < -0.4 is 10.6 Å². The van der Waals surface area contributed by atoms with Crippen LogP contribution in [0.3, 0.4) is 0 Å². The Hall–Kier alpha value is -1.00. The summed E-state index contributed by atoms with van der Waals surface area (Å²) in [6, 6.07) is 7.84. The van der Waals surface area contributed by atoms with E-state index in [1.807, 2.05) is 37.6 Å². The van der Waals surface area contributed by atoms with E-state index in [0.717, 1.165) is 5.69 Å². The molecule has 3 nitrogen and oxygen atoms in total. The van der Waals surface area contributed by atoms with E-state index in [2.05, 4.69) is 10.6 Å². The fourth-order valence-corrected chi connectivity index (χ4v) is 1.54. The first-order chi connectivity index (χ1) is 7.26. The number of anilines is 1. The van der Waals surface area contributed by atoms with Crippen LogP contribution in [0.1, 0.15) is 6.42 Å². The van der Waals surface area contributed by atoms with Crippen molar-refractivity contribution in [3.63, 3.8) is 0 Å². The van der Waals surface area contributed by atoms with Gasteiger partial charge in [0.15, 0.2) is 0 Å². The fraction of sp³-hybridized carbons (Fsp3) is 0.364. The molecule has 0 aliphatic heterocycles. The molecule has 2 N–H and O–H groups in total. The van der Waals surface area contributed by atoms with Crippen molar-refractivity contribution in [3.8, 4) is 0 Å². The van der Waals surface area contributed by atoms with Gasteiger partial charge in [0.05, 0.1) is 0 Å². The Bertz CT molecular complexity index is 311. The number of benzene rings is 1. The lowest BCUT2D eigenvalue weighted by molar-refractivity contribution is -0.116. The molecular formula is C11H16N2OS.